The van der Waals surface area contributed by atoms with Crippen molar-refractivity contribution < 1.29 is 0 Å². The van der Waals surface area contributed by atoms with Gasteiger partial charge in [-0.25, -0.2) is 0 Å². The maximum absolute atomic E-state index is 5.78. The third-order valence-corrected chi connectivity index (χ3v) is 3.50. The molecule has 0 aliphatic heterocycles. The summed E-state index contributed by atoms with van der Waals surface area (Å²) in [5.74, 6) is 2.33. The zero-order valence-electron chi connectivity index (χ0n) is 11.0. The minimum atomic E-state index is 0.375. The summed E-state index contributed by atoms with van der Waals surface area (Å²) in [5.41, 5.74) is 5.78. The fourth-order valence-corrected chi connectivity index (χ4v) is 2.39. The minimum Gasteiger partial charge on any atom is -0.370 e. The van der Waals surface area contributed by atoms with Crippen LogP contribution in [0.2, 0.25) is 0 Å². The second-order valence-electron chi connectivity index (χ2n) is 5.32. The Morgan fingerprint density at radius 3 is 2.31 bits per heavy atom. The van der Waals surface area contributed by atoms with Crippen LogP contribution < -0.4 is 11.1 Å². The lowest BCUT2D eigenvalue weighted by molar-refractivity contribution is 0.274. The van der Waals surface area contributed by atoms with E-state index in [0.29, 0.717) is 12.0 Å². The summed E-state index contributed by atoms with van der Waals surface area (Å²) < 4.78 is 0. The molecule has 0 heterocycles. The molecule has 0 saturated heterocycles. The van der Waals surface area contributed by atoms with Gasteiger partial charge in [0, 0.05) is 12.6 Å². The van der Waals surface area contributed by atoms with Crippen LogP contribution in [0.1, 0.15) is 52.9 Å². The molecule has 0 unspecified atom stereocenters. The highest BCUT2D eigenvalue weighted by Crippen LogP contribution is 2.30. The Bertz CT molecular complexity index is 215. The van der Waals surface area contributed by atoms with E-state index in [1.165, 1.54) is 32.1 Å². The third kappa shape index (κ3) is 4.86. The number of hydrogen-bond donors (Lipinski definition) is 2. The van der Waals surface area contributed by atoms with Gasteiger partial charge in [-0.1, -0.05) is 26.2 Å². The predicted molar refractivity (Wildman–Crippen MR) is 70.5 cm³/mol. The first-order valence-electron chi connectivity index (χ1n) is 6.68. The van der Waals surface area contributed by atoms with E-state index >= 15 is 0 Å². The number of guanidine groups is 1. The van der Waals surface area contributed by atoms with E-state index in [0.717, 1.165) is 18.4 Å². The van der Waals surface area contributed by atoms with Gasteiger partial charge >= 0.3 is 0 Å². The van der Waals surface area contributed by atoms with Crippen LogP contribution in [-0.4, -0.2) is 18.5 Å². The molecule has 0 atom stereocenters. The van der Waals surface area contributed by atoms with Crippen molar-refractivity contribution in [2.24, 2.45) is 22.6 Å². The van der Waals surface area contributed by atoms with Crippen molar-refractivity contribution in [1.29, 1.82) is 0 Å². The number of rotatable bonds is 4. The lowest BCUT2D eigenvalue weighted by atomic mass is 9.81. The normalized spacial score (nSPS) is 27.1. The Morgan fingerprint density at radius 2 is 1.81 bits per heavy atom. The first kappa shape index (κ1) is 13.3. The van der Waals surface area contributed by atoms with Crippen molar-refractivity contribution in [3.63, 3.8) is 0 Å². The number of nitrogens with two attached hydrogens (primary N) is 1. The number of nitrogens with one attached hydrogen (secondary N) is 1. The number of hydrogen-bond acceptors (Lipinski definition) is 1. The van der Waals surface area contributed by atoms with E-state index in [4.69, 9.17) is 5.73 Å². The molecular formula is C13H27N3. The van der Waals surface area contributed by atoms with Gasteiger partial charge in [0.25, 0.3) is 0 Å². The predicted octanol–water partition coefficient (Wildman–Crippen LogP) is 2.52. The summed E-state index contributed by atoms with van der Waals surface area (Å²) in [6.45, 7) is 7.36. The molecule has 0 aromatic rings. The smallest absolute Gasteiger partial charge is 0.188 e. The van der Waals surface area contributed by atoms with Gasteiger partial charge < -0.3 is 11.1 Å². The molecule has 3 nitrogen and oxygen atoms in total. The standard InChI is InChI=1S/C13H27N3/c1-4-11-5-7-12(8-6-11)9-15-13(14)16-10(2)3/h10-12H,4-9H2,1-3H3,(H3,14,15,16). The van der Waals surface area contributed by atoms with E-state index in [9.17, 15) is 0 Å². The topological polar surface area (TPSA) is 50.4 Å². The van der Waals surface area contributed by atoms with Gasteiger partial charge in [0.2, 0.25) is 0 Å². The molecule has 0 aromatic heterocycles. The summed E-state index contributed by atoms with van der Waals surface area (Å²) in [5, 5.41) is 3.13. The molecule has 1 fully saturated rings. The molecule has 1 rings (SSSR count). The van der Waals surface area contributed by atoms with E-state index in [2.05, 4.69) is 31.1 Å². The SMILES string of the molecule is CCC1CCC(CN=C(N)NC(C)C)CC1. The van der Waals surface area contributed by atoms with Crippen LogP contribution >= 0.6 is 0 Å². The lowest BCUT2D eigenvalue weighted by Crippen LogP contribution is -2.37. The summed E-state index contributed by atoms with van der Waals surface area (Å²) >= 11 is 0. The number of nitrogens with zero attached hydrogens (tertiary/aromatic N) is 1. The van der Waals surface area contributed by atoms with Gasteiger partial charge in [-0.2, -0.15) is 0 Å². The molecule has 1 aliphatic rings. The van der Waals surface area contributed by atoms with Crippen molar-refractivity contribution in [2.75, 3.05) is 6.54 Å². The molecule has 94 valence electrons. The highest BCUT2D eigenvalue weighted by Gasteiger charge is 2.19. The molecule has 1 aliphatic carbocycles. The molecule has 0 aromatic carbocycles. The Hall–Kier alpha value is -0.730. The largest absolute Gasteiger partial charge is 0.370 e. The molecular weight excluding hydrogens is 198 g/mol. The van der Waals surface area contributed by atoms with E-state index in [1.54, 1.807) is 0 Å². The molecule has 0 radical (unpaired) electrons. The molecule has 1 saturated carbocycles. The molecule has 3 N–H and O–H groups in total. The second kappa shape index (κ2) is 6.77. The van der Waals surface area contributed by atoms with Gasteiger partial charge in [0.15, 0.2) is 5.96 Å². The maximum Gasteiger partial charge on any atom is 0.188 e. The fraction of sp³-hybridized carbons (Fsp3) is 0.923. The van der Waals surface area contributed by atoms with Gasteiger partial charge in [0.1, 0.15) is 0 Å². The Balaban J connectivity index is 2.23. The monoisotopic (exact) mass is 225 g/mol. The highest BCUT2D eigenvalue weighted by atomic mass is 15.1. The maximum atomic E-state index is 5.78. The van der Waals surface area contributed by atoms with Crippen molar-refractivity contribution >= 4 is 5.96 Å². The Morgan fingerprint density at radius 1 is 1.25 bits per heavy atom. The molecule has 0 spiro atoms. The minimum absolute atomic E-state index is 0.375. The van der Waals surface area contributed by atoms with Crippen LogP contribution in [0.5, 0.6) is 0 Å². The third-order valence-electron chi connectivity index (χ3n) is 3.50. The van der Waals surface area contributed by atoms with Crippen LogP contribution in [0.4, 0.5) is 0 Å². The van der Waals surface area contributed by atoms with Crippen molar-refractivity contribution in [3.8, 4) is 0 Å². The van der Waals surface area contributed by atoms with E-state index in [1.807, 2.05) is 0 Å². The van der Waals surface area contributed by atoms with Crippen molar-refractivity contribution in [3.05, 3.63) is 0 Å². The first-order chi connectivity index (χ1) is 7.61. The molecule has 0 amide bonds. The quantitative estimate of drug-likeness (QED) is 0.570. The Kier molecular flexibility index (Phi) is 5.64. The lowest BCUT2D eigenvalue weighted by Gasteiger charge is -2.26. The highest BCUT2D eigenvalue weighted by molar-refractivity contribution is 5.78. The summed E-state index contributed by atoms with van der Waals surface area (Å²) in [6, 6.07) is 0.375. The van der Waals surface area contributed by atoms with Crippen LogP contribution in [-0.2, 0) is 0 Å². The molecule has 0 bridgehead atoms. The van der Waals surface area contributed by atoms with Crippen LogP contribution in [0.3, 0.4) is 0 Å². The average Bonchev–Trinajstić information content (AvgIpc) is 2.26. The summed E-state index contributed by atoms with van der Waals surface area (Å²) in [6.07, 6.45) is 6.77. The van der Waals surface area contributed by atoms with Gasteiger partial charge in [-0.05, 0) is 38.5 Å². The molecule has 16 heavy (non-hydrogen) atoms. The first-order valence-corrected chi connectivity index (χ1v) is 6.68. The van der Waals surface area contributed by atoms with Gasteiger partial charge in [-0.15, -0.1) is 0 Å². The molecule has 3 heteroatoms. The van der Waals surface area contributed by atoms with Crippen LogP contribution in [0.15, 0.2) is 4.99 Å². The fourth-order valence-electron chi connectivity index (χ4n) is 2.39. The zero-order valence-corrected chi connectivity index (χ0v) is 11.0. The number of aliphatic imine (C=N–C) groups is 1. The van der Waals surface area contributed by atoms with Crippen molar-refractivity contribution in [2.45, 2.75) is 58.9 Å². The van der Waals surface area contributed by atoms with Gasteiger partial charge in [-0.3, -0.25) is 4.99 Å². The van der Waals surface area contributed by atoms with Crippen LogP contribution in [0, 0.1) is 11.8 Å². The summed E-state index contributed by atoms with van der Waals surface area (Å²) in [4.78, 5) is 4.42. The van der Waals surface area contributed by atoms with Gasteiger partial charge in [0.05, 0.1) is 0 Å². The average molecular weight is 225 g/mol. The summed E-state index contributed by atoms with van der Waals surface area (Å²) in [7, 11) is 0. The second-order valence-corrected chi connectivity index (χ2v) is 5.32. The zero-order chi connectivity index (χ0) is 12.0. The van der Waals surface area contributed by atoms with E-state index < -0.39 is 0 Å². The Labute approximate surface area is 99.9 Å². The van der Waals surface area contributed by atoms with Crippen molar-refractivity contribution in [1.82, 2.24) is 5.32 Å². The van der Waals surface area contributed by atoms with Crippen LogP contribution in [0.25, 0.3) is 0 Å². The van der Waals surface area contributed by atoms with E-state index in [-0.39, 0.29) is 0 Å².